The molecular formula is C16H27NS. The zero-order valence-electron chi connectivity index (χ0n) is 12.3. The number of allylic oxidation sites excluding steroid dienone is 1. The predicted octanol–water partition coefficient (Wildman–Crippen LogP) is 4.44. The summed E-state index contributed by atoms with van der Waals surface area (Å²) in [6.45, 7) is 11.2. The highest BCUT2D eigenvalue weighted by Gasteiger charge is 1.99. The van der Waals surface area contributed by atoms with Gasteiger partial charge in [-0.05, 0) is 50.9 Å². The minimum atomic E-state index is 0.744. The van der Waals surface area contributed by atoms with Gasteiger partial charge in [0.15, 0.2) is 0 Å². The van der Waals surface area contributed by atoms with E-state index >= 15 is 0 Å². The first kappa shape index (κ1) is 15.5. The lowest BCUT2D eigenvalue weighted by Crippen LogP contribution is -2.20. The molecule has 1 nitrogen and oxygen atoms in total. The lowest BCUT2D eigenvalue weighted by molar-refractivity contribution is 0.556. The van der Waals surface area contributed by atoms with E-state index in [2.05, 4.69) is 51.2 Å². The SMILES string of the molecule is CCc1ccc(CC(C)=CCCNCC(C)C)s1. The first-order valence-electron chi connectivity index (χ1n) is 7.05. The van der Waals surface area contributed by atoms with Crippen LogP contribution < -0.4 is 5.32 Å². The molecule has 0 aliphatic carbocycles. The van der Waals surface area contributed by atoms with Gasteiger partial charge >= 0.3 is 0 Å². The van der Waals surface area contributed by atoms with E-state index in [1.54, 1.807) is 0 Å². The van der Waals surface area contributed by atoms with Crippen LogP contribution >= 0.6 is 11.3 Å². The third kappa shape index (κ3) is 6.36. The second-order valence-electron chi connectivity index (χ2n) is 5.34. The Balaban J connectivity index is 2.24. The van der Waals surface area contributed by atoms with E-state index < -0.39 is 0 Å². The molecule has 0 aromatic carbocycles. The van der Waals surface area contributed by atoms with Crippen molar-refractivity contribution in [1.29, 1.82) is 0 Å². The van der Waals surface area contributed by atoms with E-state index in [9.17, 15) is 0 Å². The summed E-state index contributed by atoms with van der Waals surface area (Å²) in [5.41, 5.74) is 1.49. The van der Waals surface area contributed by atoms with Gasteiger partial charge in [0.1, 0.15) is 0 Å². The number of nitrogens with one attached hydrogen (secondary N) is 1. The lowest BCUT2D eigenvalue weighted by Gasteiger charge is -2.05. The van der Waals surface area contributed by atoms with Crippen LogP contribution in [0.1, 0.15) is 43.9 Å². The largest absolute Gasteiger partial charge is 0.316 e. The highest BCUT2D eigenvalue weighted by molar-refractivity contribution is 7.12. The molecule has 0 atom stereocenters. The van der Waals surface area contributed by atoms with Gasteiger partial charge in [0.25, 0.3) is 0 Å². The normalized spacial score (nSPS) is 12.4. The molecule has 0 aliphatic rings. The second kappa shape index (κ2) is 8.49. The molecule has 0 spiro atoms. The monoisotopic (exact) mass is 265 g/mol. The fourth-order valence-corrected chi connectivity index (χ4v) is 2.92. The Morgan fingerprint density at radius 3 is 2.67 bits per heavy atom. The van der Waals surface area contributed by atoms with Crippen molar-refractivity contribution in [2.45, 2.75) is 47.0 Å². The van der Waals surface area contributed by atoms with E-state index in [4.69, 9.17) is 0 Å². The predicted molar refractivity (Wildman–Crippen MR) is 83.5 cm³/mol. The van der Waals surface area contributed by atoms with Gasteiger partial charge in [-0.15, -0.1) is 11.3 Å². The summed E-state index contributed by atoms with van der Waals surface area (Å²) in [4.78, 5) is 2.99. The summed E-state index contributed by atoms with van der Waals surface area (Å²) >= 11 is 1.95. The fraction of sp³-hybridized carbons (Fsp3) is 0.625. The Hall–Kier alpha value is -0.600. The van der Waals surface area contributed by atoms with Crippen LogP contribution in [-0.2, 0) is 12.8 Å². The maximum Gasteiger partial charge on any atom is 0.00885 e. The number of hydrogen-bond donors (Lipinski definition) is 1. The molecular weight excluding hydrogens is 238 g/mol. The van der Waals surface area contributed by atoms with Crippen molar-refractivity contribution in [3.63, 3.8) is 0 Å². The second-order valence-corrected chi connectivity index (χ2v) is 6.59. The van der Waals surface area contributed by atoms with E-state index in [1.165, 1.54) is 15.3 Å². The van der Waals surface area contributed by atoms with Crippen LogP contribution in [0.5, 0.6) is 0 Å². The van der Waals surface area contributed by atoms with Gasteiger partial charge in [0.2, 0.25) is 0 Å². The number of hydrogen-bond acceptors (Lipinski definition) is 2. The maximum absolute atomic E-state index is 3.48. The molecule has 0 saturated heterocycles. The standard InChI is InChI=1S/C16H27NS/c1-5-15-8-9-16(18-15)11-14(4)7-6-10-17-12-13(2)3/h7-9,13,17H,5-6,10-12H2,1-4H3. The van der Waals surface area contributed by atoms with Gasteiger partial charge in [0.05, 0.1) is 0 Å². The van der Waals surface area contributed by atoms with Crippen LogP contribution in [0.15, 0.2) is 23.8 Å². The van der Waals surface area contributed by atoms with E-state index in [-0.39, 0.29) is 0 Å². The van der Waals surface area contributed by atoms with Crippen LogP contribution in [0.3, 0.4) is 0 Å². The van der Waals surface area contributed by atoms with Gasteiger partial charge in [-0.2, -0.15) is 0 Å². The van der Waals surface area contributed by atoms with Gasteiger partial charge in [-0.1, -0.05) is 32.4 Å². The smallest absolute Gasteiger partial charge is 0.00885 e. The van der Waals surface area contributed by atoms with E-state index in [0.29, 0.717) is 0 Å². The van der Waals surface area contributed by atoms with Crippen LogP contribution in [-0.4, -0.2) is 13.1 Å². The van der Waals surface area contributed by atoms with Crippen molar-refractivity contribution in [3.05, 3.63) is 33.5 Å². The topological polar surface area (TPSA) is 12.0 Å². The van der Waals surface area contributed by atoms with Gasteiger partial charge in [-0.3, -0.25) is 0 Å². The summed E-state index contributed by atoms with van der Waals surface area (Å²) in [5, 5.41) is 3.48. The summed E-state index contributed by atoms with van der Waals surface area (Å²) in [6.07, 6.45) is 5.80. The highest BCUT2D eigenvalue weighted by atomic mass is 32.1. The average molecular weight is 265 g/mol. The highest BCUT2D eigenvalue weighted by Crippen LogP contribution is 2.20. The molecule has 0 radical (unpaired) electrons. The molecule has 1 heterocycles. The lowest BCUT2D eigenvalue weighted by atomic mass is 10.1. The molecule has 0 bridgehead atoms. The Morgan fingerprint density at radius 2 is 2.06 bits per heavy atom. The zero-order valence-corrected chi connectivity index (χ0v) is 13.1. The molecule has 102 valence electrons. The van der Waals surface area contributed by atoms with Crippen molar-refractivity contribution < 1.29 is 0 Å². The molecule has 18 heavy (non-hydrogen) atoms. The Morgan fingerprint density at radius 1 is 1.33 bits per heavy atom. The minimum Gasteiger partial charge on any atom is -0.316 e. The molecule has 1 aromatic rings. The molecule has 1 aromatic heterocycles. The van der Waals surface area contributed by atoms with Crippen molar-refractivity contribution in [2.24, 2.45) is 5.92 Å². The molecule has 0 aliphatic heterocycles. The summed E-state index contributed by atoms with van der Waals surface area (Å²) in [6, 6.07) is 4.54. The van der Waals surface area contributed by atoms with Gasteiger partial charge in [-0.25, -0.2) is 0 Å². The Kier molecular flexibility index (Phi) is 7.29. The summed E-state index contributed by atoms with van der Waals surface area (Å²) < 4.78 is 0. The number of thiophene rings is 1. The van der Waals surface area contributed by atoms with Crippen molar-refractivity contribution >= 4 is 11.3 Å². The van der Waals surface area contributed by atoms with E-state index in [0.717, 1.165) is 38.3 Å². The molecule has 0 amide bonds. The van der Waals surface area contributed by atoms with Crippen LogP contribution in [0, 0.1) is 5.92 Å². The number of aryl methyl sites for hydroxylation is 1. The first-order valence-corrected chi connectivity index (χ1v) is 7.87. The molecule has 0 fully saturated rings. The van der Waals surface area contributed by atoms with Crippen LogP contribution in [0.2, 0.25) is 0 Å². The van der Waals surface area contributed by atoms with Crippen LogP contribution in [0.4, 0.5) is 0 Å². The zero-order chi connectivity index (χ0) is 13.4. The van der Waals surface area contributed by atoms with Crippen molar-refractivity contribution in [1.82, 2.24) is 5.32 Å². The molecule has 0 saturated carbocycles. The summed E-state index contributed by atoms with van der Waals surface area (Å²) in [5.74, 6) is 0.744. The third-order valence-electron chi connectivity index (χ3n) is 2.89. The average Bonchev–Trinajstić information content (AvgIpc) is 2.76. The molecule has 1 rings (SSSR count). The Labute approximate surface area is 116 Å². The van der Waals surface area contributed by atoms with Crippen molar-refractivity contribution in [2.75, 3.05) is 13.1 Å². The fourth-order valence-electron chi connectivity index (χ4n) is 1.87. The molecule has 0 unspecified atom stereocenters. The summed E-state index contributed by atoms with van der Waals surface area (Å²) in [7, 11) is 0. The molecule has 1 N–H and O–H groups in total. The third-order valence-corrected chi connectivity index (χ3v) is 4.11. The van der Waals surface area contributed by atoms with Crippen molar-refractivity contribution in [3.8, 4) is 0 Å². The van der Waals surface area contributed by atoms with Gasteiger partial charge in [0, 0.05) is 16.2 Å². The maximum atomic E-state index is 3.48. The van der Waals surface area contributed by atoms with E-state index in [1.807, 2.05) is 11.3 Å². The minimum absolute atomic E-state index is 0.744. The van der Waals surface area contributed by atoms with Crippen LogP contribution in [0.25, 0.3) is 0 Å². The number of rotatable bonds is 8. The first-order chi connectivity index (χ1) is 8.61. The van der Waals surface area contributed by atoms with Gasteiger partial charge < -0.3 is 5.32 Å². The molecule has 2 heteroatoms. The quantitative estimate of drug-likeness (QED) is 0.541. The Bertz CT molecular complexity index is 363.